The fourth-order valence-corrected chi connectivity index (χ4v) is 3.18. The van der Waals surface area contributed by atoms with Crippen LogP contribution in [0.3, 0.4) is 0 Å². The number of hydrogen-bond donors (Lipinski definition) is 1. The Morgan fingerprint density at radius 1 is 1.07 bits per heavy atom. The van der Waals surface area contributed by atoms with Crippen molar-refractivity contribution < 1.29 is 19.0 Å². The minimum atomic E-state index is -0.183. The Labute approximate surface area is 172 Å². The highest BCUT2D eigenvalue weighted by molar-refractivity contribution is 6.03. The van der Waals surface area contributed by atoms with Crippen LogP contribution in [0, 0.1) is 0 Å². The van der Waals surface area contributed by atoms with Crippen LogP contribution in [0.2, 0.25) is 0 Å². The molecule has 0 atom stereocenters. The van der Waals surface area contributed by atoms with Crippen molar-refractivity contribution in [1.82, 2.24) is 0 Å². The zero-order chi connectivity index (χ0) is 20.5. The van der Waals surface area contributed by atoms with Gasteiger partial charge in [0.25, 0.3) is 0 Å². The Balaban J connectivity index is 1.69. The van der Waals surface area contributed by atoms with Gasteiger partial charge in [0.1, 0.15) is 0 Å². The number of amides is 1. The molecule has 0 saturated carbocycles. The summed E-state index contributed by atoms with van der Waals surface area (Å²) in [6, 6.07) is 13.5. The van der Waals surface area contributed by atoms with Gasteiger partial charge >= 0.3 is 0 Å². The van der Waals surface area contributed by atoms with Crippen LogP contribution in [0.25, 0.3) is 6.08 Å². The van der Waals surface area contributed by atoms with E-state index in [-0.39, 0.29) is 5.91 Å². The molecule has 1 N–H and O–H groups in total. The van der Waals surface area contributed by atoms with E-state index in [0.29, 0.717) is 37.9 Å². The highest BCUT2D eigenvalue weighted by Crippen LogP contribution is 2.29. The molecule has 3 rings (SSSR count). The van der Waals surface area contributed by atoms with E-state index in [1.165, 1.54) is 6.08 Å². The van der Waals surface area contributed by atoms with Crippen molar-refractivity contribution in [2.75, 3.05) is 49.7 Å². The fourth-order valence-electron chi connectivity index (χ4n) is 3.18. The number of morpholine rings is 1. The first kappa shape index (κ1) is 20.7. The van der Waals surface area contributed by atoms with Crippen molar-refractivity contribution in [3.05, 3.63) is 54.1 Å². The second-order valence-electron chi connectivity index (χ2n) is 6.51. The summed E-state index contributed by atoms with van der Waals surface area (Å²) in [6.07, 6.45) is 3.30. The van der Waals surface area contributed by atoms with Crippen molar-refractivity contribution in [2.45, 2.75) is 13.8 Å². The van der Waals surface area contributed by atoms with Gasteiger partial charge in [0.15, 0.2) is 11.5 Å². The molecule has 0 bridgehead atoms. The van der Waals surface area contributed by atoms with Crippen LogP contribution in [0.1, 0.15) is 19.4 Å². The summed E-state index contributed by atoms with van der Waals surface area (Å²) >= 11 is 0. The van der Waals surface area contributed by atoms with Gasteiger partial charge in [-0.25, -0.2) is 0 Å². The van der Waals surface area contributed by atoms with E-state index in [2.05, 4.69) is 10.2 Å². The lowest BCUT2D eigenvalue weighted by Crippen LogP contribution is -2.36. The van der Waals surface area contributed by atoms with Crippen molar-refractivity contribution in [2.24, 2.45) is 0 Å². The van der Waals surface area contributed by atoms with E-state index in [1.54, 1.807) is 6.08 Å². The van der Waals surface area contributed by atoms with E-state index >= 15 is 0 Å². The highest BCUT2D eigenvalue weighted by atomic mass is 16.5. The topological polar surface area (TPSA) is 60.0 Å². The molecule has 0 spiro atoms. The third kappa shape index (κ3) is 5.74. The van der Waals surface area contributed by atoms with E-state index in [4.69, 9.17) is 14.2 Å². The van der Waals surface area contributed by atoms with Crippen LogP contribution in [-0.2, 0) is 9.53 Å². The quantitative estimate of drug-likeness (QED) is 0.684. The number of anilines is 2. The summed E-state index contributed by atoms with van der Waals surface area (Å²) < 4.78 is 16.6. The number of carbonyl (C=O) groups excluding carboxylic acids is 1. The standard InChI is InChI=1S/C23H28N2O4/c1-3-28-21-11-9-18(17-22(21)29-4-2)10-12-23(26)24-19-7-5-6-8-20(19)25-13-15-27-16-14-25/h5-12,17H,3-4,13-16H2,1-2H3,(H,24,26). The largest absolute Gasteiger partial charge is 0.490 e. The Bertz CT molecular complexity index is 845. The number of benzene rings is 2. The summed E-state index contributed by atoms with van der Waals surface area (Å²) in [5.74, 6) is 1.20. The molecule has 2 aromatic carbocycles. The maximum atomic E-state index is 12.5. The van der Waals surface area contributed by atoms with Crippen LogP contribution in [-0.4, -0.2) is 45.4 Å². The molecule has 6 heteroatoms. The number of carbonyl (C=O) groups is 1. The maximum absolute atomic E-state index is 12.5. The molecule has 0 radical (unpaired) electrons. The first-order chi connectivity index (χ1) is 14.2. The number of hydrogen-bond acceptors (Lipinski definition) is 5. The minimum absolute atomic E-state index is 0.183. The molecule has 1 heterocycles. The van der Waals surface area contributed by atoms with Gasteiger partial charge in [0.2, 0.25) is 5.91 Å². The molecule has 0 aromatic heterocycles. The van der Waals surface area contributed by atoms with Crippen molar-refractivity contribution in [3.8, 4) is 11.5 Å². The third-order valence-electron chi connectivity index (χ3n) is 4.51. The van der Waals surface area contributed by atoms with Crippen LogP contribution < -0.4 is 19.7 Å². The Hall–Kier alpha value is -2.99. The molecule has 154 valence electrons. The first-order valence-corrected chi connectivity index (χ1v) is 10.0. The van der Waals surface area contributed by atoms with E-state index in [9.17, 15) is 4.79 Å². The van der Waals surface area contributed by atoms with Crippen LogP contribution in [0.4, 0.5) is 11.4 Å². The molecule has 0 unspecified atom stereocenters. The molecular weight excluding hydrogens is 368 g/mol. The Morgan fingerprint density at radius 3 is 2.55 bits per heavy atom. The van der Waals surface area contributed by atoms with Gasteiger partial charge in [0, 0.05) is 19.2 Å². The minimum Gasteiger partial charge on any atom is -0.490 e. The lowest BCUT2D eigenvalue weighted by atomic mass is 10.2. The van der Waals surface area contributed by atoms with Gasteiger partial charge in [-0.05, 0) is 49.8 Å². The molecule has 1 amide bonds. The third-order valence-corrected chi connectivity index (χ3v) is 4.51. The average molecular weight is 396 g/mol. The zero-order valence-electron chi connectivity index (χ0n) is 17.0. The number of nitrogens with one attached hydrogen (secondary N) is 1. The SMILES string of the molecule is CCOc1ccc(C=CC(=O)Nc2ccccc2N2CCOCC2)cc1OCC. The molecule has 1 aliphatic heterocycles. The number of nitrogens with zero attached hydrogens (tertiary/aromatic N) is 1. The van der Waals surface area contributed by atoms with Crippen LogP contribution >= 0.6 is 0 Å². The van der Waals surface area contributed by atoms with Gasteiger partial charge in [-0.1, -0.05) is 18.2 Å². The molecular formula is C23H28N2O4. The van der Waals surface area contributed by atoms with Crippen LogP contribution in [0.5, 0.6) is 11.5 Å². The van der Waals surface area contributed by atoms with Gasteiger partial charge < -0.3 is 24.4 Å². The van der Waals surface area contributed by atoms with Gasteiger partial charge in [0.05, 0.1) is 37.8 Å². The molecule has 2 aromatic rings. The predicted molar refractivity (Wildman–Crippen MR) is 116 cm³/mol. The maximum Gasteiger partial charge on any atom is 0.248 e. The van der Waals surface area contributed by atoms with E-state index in [1.807, 2.05) is 56.3 Å². The molecule has 0 aliphatic carbocycles. The molecule has 1 aliphatic rings. The number of rotatable bonds is 8. The van der Waals surface area contributed by atoms with E-state index in [0.717, 1.165) is 30.0 Å². The molecule has 6 nitrogen and oxygen atoms in total. The lowest BCUT2D eigenvalue weighted by Gasteiger charge is -2.30. The zero-order valence-corrected chi connectivity index (χ0v) is 17.0. The molecule has 1 saturated heterocycles. The smallest absolute Gasteiger partial charge is 0.248 e. The second-order valence-corrected chi connectivity index (χ2v) is 6.51. The van der Waals surface area contributed by atoms with Crippen molar-refractivity contribution in [1.29, 1.82) is 0 Å². The predicted octanol–water partition coefficient (Wildman–Crippen LogP) is 3.97. The molecule has 1 fully saturated rings. The summed E-state index contributed by atoms with van der Waals surface area (Å²) in [4.78, 5) is 14.7. The highest BCUT2D eigenvalue weighted by Gasteiger charge is 2.15. The van der Waals surface area contributed by atoms with Gasteiger partial charge in [-0.2, -0.15) is 0 Å². The Kier molecular flexibility index (Phi) is 7.53. The van der Waals surface area contributed by atoms with Gasteiger partial charge in [-0.15, -0.1) is 0 Å². The second kappa shape index (κ2) is 10.5. The molecule has 29 heavy (non-hydrogen) atoms. The van der Waals surface area contributed by atoms with Crippen molar-refractivity contribution in [3.63, 3.8) is 0 Å². The monoisotopic (exact) mass is 396 g/mol. The number of para-hydroxylation sites is 2. The van der Waals surface area contributed by atoms with Gasteiger partial charge in [-0.3, -0.25) is 4.79 Å². The summed E-state index contributed by atoms with van der Waals surface area (Å²) in [6.45, 7) is 8.00. The normalized spacial score (nSPS) is 14.1. The lowest BCUT2D eigenvalue weighted by molar-refractivity contribution is -0.111. The average Bonchev–Trinajstić information content (AvgIpc) is 2.75. The summed E-state index contributed by atoms with van der Waals surface area (Å²) in [5.41, 5.74) is 2.68. The summed E-state index contributed by atoms with van der Waals surface area (Å²) in [7, 11) is 0. The fraction of sp³-hybridized carbons (Fsp3) is 0.348. The van der Waals surface area contributed by atoms with Crippen molar-refractivity contribution >= 4 is 23.4 Å². The van der Waals surface area contributed by atoms with E-state index < -0.39 is 0 Å². The summed E-state index contributed by atoms with van der Waals surface area (Å²) in [5, 5.41) is 2.99. The number of ether oxygens (including phenoxy) is 3. The first-order valence-electron chi connectivity index (χ1n) is 10.0. The van der Waals surface area contributed by atoms with Crippen LogP contribution in [0.15, 0.2) is 48.5 Å². The Morgan fingerprint density at radius 2 is 1.79 bits per heavy atom.